The highest BCUT2D eigenvalue weighted by atomic mass is 19.4. The first-order chi connectivity index (χ1) is 14.4. The van der Waals surface area contributed by atoms with E-state index in [-0.39, 0.29) is 5.91 Å². The number of rotatable bonds is 7. The van der Waals surface area contributed by atoms with Crippen LogP contribution in [0.25, 0.3) is 11.2 Å². The van der Waals surface area contributed by atoms with Crippen molar-refractivity contribution >= 4 is 34.5 Å². The average molecular weight is 419 g/mol. The number of H-pyrrole nitrogens is 1. The van der Waals surface area contributed by atoms with E-state index in [2.05, 4.69) is 30.6 Å². The lowest BCUT2D eigenvalue weighted by atomic mass is 10.2. The van der Waals surface area contributed by atoms with Crippen molar-refractivity contribution in [3.05, 3.63) is 36.2 Å². The van der Waals surface area contributed by atoms with Gasteiger partial charge < -0.3 is 20.5 Å². The van der Waals surface area contributed by atoms with Crippen molar-refractivity contribution in [2.45, 2.75) is 25.4 Å². The molecule has 0 saturated carbocycles. The lowest BCUT2D eigenvalue weighted by Gasteiger charge is -2.15. The number of likely N-dealkylation sites (tertiary alicyclic amines) is 1. The summed E-state index contributed by atoms with van der Waals surface area (Å²) in [6.07, 6.45) is -0.667. The average Bonchev–Trinajstić information content (AvgIpc) is 3.31. The predicted octanol–water partition coefficient (Wildman–Crippen LogP) is 3.54. The van der Waals surface area contributed by atoms with Crippen molar-refractivity contribution in [3.63, 3.8) is 0 Å². The highest BCUT2D eigenvalue weighted by Crippen LogP contribution is 2.30. The summed E-state index contributed by atoms with van der Waals surface area (Å²) in [6.45, 7) is 2.14. The standard InChI is InChI=1S/C19H20F3N7O/c20-19(21,22)12-4-6-13(7-5-12)26-18-27-15-16(24-11-25-17(15)28-18)23-8-2-10-29-9-1-3-14(29)30/h4-7,11H,1-3,8-10H2,(H3,23,24,25,26,27,28). The third-order valence-electron chi connectivity index (χ3n) is 4.83. The van der Waals surface area contributed by atoms with Gasteiger partial charge >= 0.3 is 6.18 Å². The number of aromatic nitrogens is 4. The fourth-order valence-electron chi connectivity index (χ4n) is 3.32. The Kier molecular flexibility index (Phi) is 5.42. The highest BCUT2D eigenvalue weighted by molar-refractivity contribution is 5.84. The fourth-order valence-corrected chi connectivity index (χ4v) is 3.32. The van der Waals surface area contributed by atoms with Crippen LogP contribution in [-0.4, -0.2) is 50.4 Å². The Balaban J connectivity index is 1.39. The number of fused-ring (bicyclic) bond motifs is 1. The number of aromatic amines is 1. The summed E-state index contributed by atoms with van der Waals surface area (Å²) in [5, 5.41) is 6.15. The first-order valence-electron chi connectivity index (χ1n) is 9.57. The number of imidazole rings is 1. The first kappa shape index (κ1) is 19.9. The molecule has 0 atom stereocenters. The number of halogens is 3. The third-order valence-corrected chi connectivity index (χ3v) is 4.83. The second-order valence-corrected chi connectivity index (χ2v) is 6.97. The monoisotopic (exact) mass is 419 g/mol. The van der Waals surface area contributed by atoms with E-state index in [9.17, 15) is 18.0 Å². The normalized spacial score (nSPS) is 14.5. The maximum atomic E-state index is 12.7. The van der Waals surface area contributed by atoms with Crippen LogP contribution in [0.2, 0.25) is 0 Å². The molecule has 0 spiro atoms. The molecule has 0 unspecified atom stereocenters. The van der Waals surface area contributed by atoms with Gasteiger partial charge in [0, 0.05) is 31.7 Å². The number of nitrogens with one attached hydrogen (secondary N) is 3. The maximum Gasteiger partial charge on any atom is 0.416 e. The molecule has 3 N–H and O–H groups in total. The molecule has 1 amide bonds. The molecule has 1 saturated heterocycles. The van der Waals surface area contributed by atoms with Gasteiger partial charge in [-0.3, -0.25) is 4.79 Å². The van der Waals surface area contributed by atoms with Gasteiger partial charge in [-0.15, -0.1) is 0 Å². The van der Waals surface area contributed by atoms with Gasteiger partial charge in [-0.05, 0) is 37.1 Å². The lowest BCUT2D eigenvalue weighted by molar-refractivity contribution is -0.137. The van der Waals surface area contributed by atoms with Gasteiger partial charge in [0.25, 0.3) is 0 Å². The molecule has 0 bridgehead atoms. The molecule has 11 heteroatoms. The van der Waals surface area contributed by atoms with Crippen molar-refractivity contribution in [1.82, 2.24) is 24.8 Å². The molecule has 1 fully saturated rings. The Morgan fingerprint density at radius 1 is 1.17 bits per heavy atom. The van der Waals surface area contributed by atoms with E-state index >= 15 is 0 Å². The summed E-state index contributed by atoms with van der Waals surface area (Å²) in [5.74, 6) is 1.11. The van der Waals surface area contributed by atoms with Gasteiger partial charge in [0.05, 0.1) is 5.56 Å². The minimum atomic E-state index is -4.38. The molecule has 8 nitrogen and oxygen atoms in total. The molecule has 1 aromatic carbocycles. The summed E-state index contributed by atoms with van der Waals surface area (Å²) >= 11 is 0. The van der Waals surface area contributed by atoms with Crippen LogP contribution >= 0.6 is 0 Å². The van der Waals surface area contributed by atoms with E-state index < -0.39 is 11.7 Å². The molecule has 2 aromatic heterocycles. The number of carbonyl (C=O) groups excluding carboxylic acids is 1. The Morgan fingerprint density at radius 2 is 1.97 bits per heavy atom. The first-order valence-corrected chi connectivity index (χ1v) is 9.57. The summed E-state index contributed by atoms with van der Waals surface area (Å²) in [7, 11) is 0. The number of benzene rings is 1. The summed E-state index contributed by atoms with van der Waals surface area (Å²) in [5.41, 5.74) is 0.756. The molecule has 30 heavy (non-hydrogen) atoms. The zero-order valence-electron chi connectivity index (χ0n) is 16.0. The zero-order chi connectivity index (χ0) is 21.1. The van der Waals surface area contributed by atoms with E-state index in [0.29, 0.717) is 48.1 Å². The van der Waals surface area contributed by atoms with Gasteiger partial charge in [-0.2, -0.15) is 18.2 Å². The molecular weight excluding hydrogens is 399 g/mol. The van der Waals surface area contributed by atoms with Gasteiger partial charge in [0.1, 0.15) is 11.8 Å². The van der Waals surface area contributed by atoms with E-state index in [1.165, 1.54) is 18.5 Å². The minimum Gasteiger partial charge on any atom is -0.368 e. The fraction of sp³-hybridized carbons (Fsp3) is 0.368. The quantitative estimate of drug-likeness (QED) is 0.507. The van der Waals surface area contributed by atoms with Crippen LogP contribution in [0, 0.1) is 0 Å². The zero-order valence-corrected chi connectivity index (χ0v) is 16.0. The van der Waals surface area contributed by atoms with E-state index in [1.54, 1.807) is 0 Å². The van der Waals surface area contributed by atoms with Crippen LogP contribution in [0.5, 0.6) is 0 Å². The third kappa shape index (κ3) is 4.44. The second kappa shape index (κ2) is 8.17. The maximum absolute atomic E-state index is 12.7. The van der Waals surface area contributed by atoms with E-state index in [1.807, 2.05) is 4.90 Å². The van der Waals surface area contributed by atoms with Crippen LogP contribution < -0.4 is 10.6 Å². The minimum absolute atomic E-state index is 0.201. The number of hydrogen-bond donors (Lipinski definition) is 3. The second-order valence-electron chi connectivity index (χ2n) is 6.97. The number of anilines is 3. The summed E-state index contributed by atoms with van der Waals surface area (Å²) < 4.78 is 38.1. The molecule has 3 aromatic rings. The van der Waals surface area contributed by atoms with Crippen molar-refractivity contribution in [1.29, 1.82) is 0 Å². The number of alkyl halides is 3. The largest absolute Gasteiger partial charge is 0.416 e. The van der Waals surface area contributed by atoms with Crippen LogP contribution in [0.4, 0.5) is 30.6 Å². The topological polar surface area (TPSA) is 98.8 Å². The SMILES string of the molecule is O=C1CCCN1CCCNc1ncnc2nc(Nc3ccc(C(F)(F)F)cc3)[nH]c12. The molecular formula is C19H20F3N7O. The van der Waals surface area contributed by atoms with Gasteiger partial charge in [-0.25, -0.2) is 9.97 Å². The van der Waals surface area contributed by atoms with Gasteiger partial charge in [-0.1, -0.05) is 0 Å². The van der Waals surface area contributed by atoms with Crippen LogP contribution in [0.15, 0.2) is 30.6 Å². The van der Waals surface area contributed by atoms with Crippen molar-refractivity contribution in [2.75, 3.05) is 30.3 Å². The Labute approximate surface area is 169 Å². The lowest BCUT2D eigenvalue weighted by Crippen LogP contribution is -2.27. The van der Waals surface area contributed by atoms with Crippen molar-refractivity contribution < 1.29 is 18.0 Å². The molecule has 4 rings (SSSR count). The molecule has 1 aliphatic rings. The highest BCUT2D eigenvalue weighted by Gasteiger charge is 2.30. The van der Waals surface area contributed by atoms with Crippen molar-refractivity contribution in [3.8, 4) is 0 Å². The smallest absolute Gasteiger partial charge is 0.368 e. The molecule has 3 heterocycles. The summed E-state index contributed by atoms with van der Waals surface area (Å²) in [6, 6.07) is 4.67. The molecule has 0 radical (unpaired) electrons. The number of amides is 1. The number of hydrogen-bond acceptors (Lipinski definition) is 6. The Morgan fingerprint density at radius 3 is 2.67 bits per heavy atom. The van der Waals surface area contributed by atoms with Gasteiger partial charge in [0.2, 0.25) is 11.9 Å². The van der Waals surface area contributed by atoms with Crippen LogP contribution in [-0.2, 0) is 11.0 Å². The number of carbonyl (C=O) groups is 1. The molecule has 158 valence electrons. The predicted molar refractivity (Wildman–Crippen MR) is 105 cm³/mol. The van der Waals surface area contributed by atoms with E-state index in [0.717, 1.165) is 31.5 Å². The van der Waals surface area contributed by atoms with E-state index in [4.69, 9.17) is 0 Å². The Hall–Kier alpha value is -3.37. The summed E-state index contributed by atoms with van der Waals surface area (Å²) in [4.78, 5) is 29.2. The van der Waals surface area contributed by atoms with Crippen LogP contribution in [0.3, 0.4) is 0 Å². The van der Waals surface area contributed by atoms with Crippen LogP contribution in [0.1, 0.15) is 24.8 Å². The molecule has 0 aliphatic carbocycles. The van der Waals surface area contributed by atoms with Crippen molar-refractivity contribution in [2.24, 2.45) is 0 Å². The Bertz CT molecular complexity index is 1030. The molecule has 1 aliphatic heterocycles. The number of nitrogens with zero attached hydrogens (tertiary/aromatic N) is 4. The van der Waals surface area contributed by atoms with Gasteiger partial charge in [0.15, 0.2) is 11.5 Å².